The highest BCUT2D eigenvalue weighted by atomic mass is 16.6. The molecular weight excluding hydrogens is 480 g/mol. The van der Waals surface area contributed by atoms with Crippen LogP contribution in [0.4, 0.5) is 0 Å². The zero-order valence-electron chi connectivity index (χ0n) is 22.5. The van der Waals surface area contributed by atoms with E-state index in [0.717, 1.165) is 53.2 Å². The van der Waals surface area contributed by atoms with E-state index in [4.69, 9.17) is 20.6 Å². The fourth-order valence-electron chi connectivity index (χ4n) is 4.13. The zero-order valence-corrected chi connectivity index (χ0v) is 22.5. The number of ether oxygens (including phenoxy) is 1. The van der Waals surface area contributed by atoms with Gasteiger partial charge in [0.25, 0.3) is 0 Å². The van der Waals surface area contributed by atoms with Gasteiger partial charge in [0.05, 0.1) is 6.54 Å². The highest BCUT2D eigenvalue weighted by Gasteiger charge is 2.23. The van der Waals surface area contributed by atoms with Crippen LogP contribution < -0.4 is 5.73 Å². The second kappa shape index (κ2) is 12.1. The van der Waals surface area contributed by atoms with Crippen LogP contribution in [-0.4, -0.2) is 53.0 Å². The summed E-state index contributed by atoms with van der Waals surface area (Å²) in [5.41, 5.74) is 9.65. The minimum atomic E-state index is -0.711. The minimum Gasteiger partial charge on any atom is -0.459 e. The van der Waals surface area contributed by atoms with E-state index in [0.29, 0.717) is 25.2 Å². The number of nitrogens with two attached hydrogens (primary N) is 1. The van der Waals surface area contributed by atoms with Gasteiger partial charge in [0.1, 0.15) is 17.5 Å². The molecule has 2 aromatic heterocycles. The SMILES string of the molecule is CCCCc1nc(CCC(N)C(=O)OC(C)(C)C)n(Cc2ccc(-c3ccccc3-c3nn[nH]n3)cc2)n1. The molecule has 0 aliphatic rings. The highest BCUT2D eigenvalue weighted by molar-refractivity contribution is 5.80. The topological polar surface area (TPSA) is 137 Å². The largest absolute Gasteiger partial charge is 0.459 e. The van der Waals surface area contributed by atoms with Crippen LogP contribution >= 0.6 is 0 Å². The number of nitrogens with one attached hydrogen (secondary N) is 1. The fourth-order valence-corrected chi connectivity index (χ4v) is 4.13. The van der Waals surface area contributed by atoms with Gasteiger partial charge >= 0.3 is 5.97 Å². The number of aromatic amines is 1. The Balaban J connectivity index is 1.50. The van der Waals surface area contributed by atoms with Crippen LogP contribution in [0.2, 0.25) is 0 Å². The summed E-state index contributed by atoms with van der Waals surface area (Å²) >= 11 is 0. The van der Waals surface area contributed by atoms with Gasteiger partial charge in [-0.3, -0.25) is 4.79 Å². The van der Waals surface area contributed by atoms with Crippen molar-refractivity contribution in [2.24, 2.45) is 5.73 Å². The van der Waals surface area contributed by atoms with Crippen LogP contribution in [0.25, 0.3) is 22.5 Å². The van der Waals surface area contributed by atoms with Crippen molar-refractivity contribution >= 4 is 5.97 Å². The number of esters is 1. The Morgan fingerprint density at radius 3 is 2.47 bits per heavy atom. The maximum atomic E-state index is 12.3. The molecule has 10 heteroatoms. The number of hydrogen-bond donors (Lipinski definition) is 2. The van der Waals surface area contributed by atoms with E-state index in [1.165, 1.54) is 0 Å². The Bertz CT molecular complexity index is 1320. The molecule has 0 saturated heterocycles. The molecule has 0 radical (unpaired) electrons. The zero-order chi connectivity index (χ0) is 27.1. The van der Waals surface area contributed by atoms with E-state index in [-0.39, 0.29) is 0 Å². The number of tetrazole rings is 1. The van der Waals surface area contributed by atoms with Gasteiger partial charge in [-0.2, -0.15) is 10.3 Å². The molecule has 1 unspecified atom stereocenters. The van der Waals surface area contributed by atoms with E-state index in [1.807, 2.05) is 49.7 Å². The van der Waals surface area contributed by atoms with Crippen LogP contribution in [-0.2, 0) is 28.9 Å². The lowest BCUT2D eigenvalue weighted by Gasteiger charge is -2.22. The normalized spacial score (nSPS) is 12.4. The first-order valence-electron chi connectivity index (χ1n) is 13.1. The Morgan fingerprint density at radius 1 is 1.08 bits per heavy atom. The summed E-state index contributed by atoms with van der Waals surface area (Å²) in [5, 5.41) is 19.2. The number of unbranched alkanes of at least 4 members (excludes halogenated alkanes) is 1. The lowest BCUT2D eigenvalue weighted by Crippen LogP contribution is -2.37. The monoisotopic (exact) mass is 516 g/mol. The average Bonchev–Trinajstić information content (AvgIpc) is 3.56. The molecule has 0 spiro atoms. The number of nitrogens with zero attached hydrogens (tertiary/aromatic N) is 6. The Morgan fingerprint density at radius 2 is 1.82 bits per heavy atom. The van der Waals surface area contributed by atoms with Crippen molar-refractivity contribution in [2.45, 2.75) is 78.0 Å². The Hall–Kier alpha value is -3.92. The van der Waals surface area contributed by atoms with Crippen LogP contribution in [0.3, 0.4) is 0 Å². The van der Waals surface area contributed by atoms with Gasteiger partial charge in [-0.15, -0.1) is 10.2 Å². The third kappa shape index (κ3) is 7.10. The third-order valence-corrected chi connectivity index (χ3v) is 6.05. The first-order chi connectivity index (χ1) is 18.2. The summed E-state index contributed by atoms with van der Waals surface area (Å²) in [5.74, 6) is 1.80. The molecule has 0 aliphatic carbocycles. The maximum Gasteiger partial charge on any atom is 0.323 e. The Labute approximate surface area is 223 Å². The molecule has 3 N–H and O–H groups in total. The van der Waals surface area contributed by atoms with Gasteiger partial charge in [0.15, 0.2) is 5.82 Å². The van der Waals surface area contributed by atoms with Crippen LogP contribution in [0.1, 0.15) is 64.2 Å². The van der Waals surface area contributed by atoms with E-state index in [1.54, 1.807) is 0 Å². The number of rotatable bonds is 11. The molecule has 0 fully saturated rings. The summed E-state index contributed by atoms with van der Waals surface area (Å²) in [4.78, 5) is 17.1. The van der Waals surface area contributed by atoms with E-state index < -0.39 is 17.6 Å². The number of carbonyl (C=O) groups excluding carboxylic acids is 1. The highest BCUT2D eigenvalue weighted by Crippen LogP contribution is 2.29. The first kappa shape index (κ1) is 27.1. The molecular formula is C28H36N8O2. The fraction of sp³-hybridized carbons (Fsp3) is 0.429. The molecule has 38 heavy (non-hydrogen) atoms. The molecule has 4 aromatic rings. The number of aryl methyl sites for hydroxylation is 2. The molecule has 0 saturated carbocycles. The molecule has 200 valence electrons. The van der Waals surface area contributed by atoms with E-state index in [2.05, 4.69) is 51.8 Å². The second-order valence-corrected chi connectivity index (χ2v) is 10.4. The molecule has 4 rings (SSSR count). The summed E-state index contributed by atoms with van der Waals surface area (Å²) in [6, 6.07) is 15.6. The van der Waals surface area contributed by atoms with Gasteiger partial charge in [-0.05, 0) is 55.5 Å². The second-order valence-electron chi connectivity index (χ2n) is 10.4. The molecule has 10 nitrogen and oxygen atoms in total. The molecule has 1 atom stereocenters. The van der Waals surface area contributed by atoms with Gasteiger partial charge in [0.2, 0.25) is 5.82 Å². The average molecular weight is 517 g/mol. The van der Waals surface area contributed by atoms with Crippen molar-refractivity contribution in [1.82, 2.24) is 35.4 Å². The number of aromatic nitrogens is 7. The lowest BCUT2D eigenvalue weighted by molar-refractivity contribution is -0.156. The molecule has 2 heterocycles. The van der Waals surface area contributed by atoms with E-state index >= 15 is 0 Å². The smallest absolute Gasteiger partial charge is 0.323 e. The van der Waals surface area contributed by atoms with Crippen LogP contribution in [0, 0.1) is 0 Å². The van der Waals surface area contributed by atoms with E-state index in [9.17, 15) is 4.79 Å². The summed E-state index contributed by atoms with van der Waals surface area (Å²) in [6.45, 7) is 8.23. The molecule has 2 aromatic carbocycles. The first-order valence-corrected chi connectivity index (χ1v) is 13.1. The Kier molecular flexibility index (Phi) is 8.62. The quantitative estimate of drug-likeness (QED) is 0.284. The predicted octanol–water partition coefficient (Wildman–Crippen LogP) is 4.12. The van der Waals surface area contributed by atoms with Crippen LogP contribution in [0.15, 0.2) is 48.5 Å². The summed E-state index contributed by atoms with van der Waals surface area (Å²) < 4.78 is 7.36. The van der Waals surface area contributed by atoms with Crippen molar-refractivity contribution in [3.63, 3.8) is 0 Å². The maximum absolute atomic E-state index is 12.3. The third-order valence-electron chi connectivity index (χ3n) is 6.05. The van der Waals surface area contributed by atoms with Crippen molar-refractivity contribution < 1.29 is 9.53 Å². The van der Waals surface area contributed by atoms with Gasteiger partial charge in [0, 0.05) is 18.4 Å². The summed E-state index contributed by atoms with van der Waals surface area (Å²) in [6.07, 6.45) is 3.89. The van der Waals surface area contributed by atoms with Gasteiger partial charge in [-0.1, -0.05) is 61.9 Å². The van der Waals surface area contributed by atoms with Crippen molar-refractivity contribution in [1.29, 1.82) is 0 Å². The summed E-state index contributed by atoms with van der Waals surface area (Å²) in [7, 11) is 0. The molecule has 0 amide bonds. The number of carbonyl (C=O) groups is 1. The van der Waals surface area contributed by atoms with Crippen molar-refractivity contribution in [2.75, 3.05) is 0 Å². The predicted molar refractivity (Wildman–Crippen MR) is 145 cm³/mol. The van der Waals surface area contributed by atoms with Crippen molar-refractivity contribution in [3.05, 3.63) is 65.7 Å². The van der Waals surface area contributed by atoms with Gasteiger partial charge in [-0.25, -0.2) is 9.67 Å². The lowest BCUT2D eigenvalue weighted by atomic mass is 9.98. The number of H-pyrrole nitrogens is 1. The molecule has 0 aliphatic heterocycles. The van der Waals surface area contributed by atoms with Crippen molar-refractivity contribution in [3.8, 4) is 22.5 Å². The standard InChI is InChI=1S/C28H36N8O2/c1-5-6-11-24-30-25(17-16-23(29)27(37)38-28(2,3)4)36(33-24)18-19-12-14-20(15-13-19)21-9-7-8-10-22(21)26-31-34-35-32-26/h7-10,12-15,23H,5-6,11,16-18,29H2,1-4H3,(H,31,32,34,35). The van der Waals surface area contributed by atoms with Crippen LogP contribution in [0.5, 0.6) is 0 Å². The molecule has 0 bridgehead atoms. The van der Waals surface area contributed by atoms with Gasteiger partial charge < -0.3 is 10.5 Å². The number of benzene rings is 2. The number of hydrogen-bond acceptors (Lipinski definition) is 8. The minimum absolute atomic E-state index is 0.397.